The standard InChI is InChI=1S/C20H21FN2O3/c1-13(24)22-15-8-11-18(21)19(12-15)23-20(25)14-6-9-17(10-7-14)26-16-4-2-3-5-16/h6-12,16H,2-5H2,1H3,(H,22,24)(H,23,25). The van der Waals surface area contributed by atoms with Gasteiger partial charge in [0.15, 0.2) is 0 Å². The molecule has 0 bridgehead atoms. The molecule has 1 aliphatic rings. The van der Waals surface area contributed by atoms with E-state index in [9.17, 15) is 14.0 Å². The van der Waals surface area contributed by atoms with Crippen molar-refractivity contribution in [3.63, 3.8) is 0 Å². The summed E-state index contributed by atoms with van der Waals surface area (Å²) in [5, 5.41) is 5.08. The molecule has 0 spiro atoms. The highest BCUT2D eigenvalue weighted by Gasteiger charge is 2.17. The average Bonchev–Trinajstić information content (AvgIpc) is 3.11. The first-order chi connectivity index (χ1) is 12.5. The monoisotopic (exact) mass is 356 g/mol. The molecule has 2 amide bonds. The van der Waals surface area contributed by atoms with E-state index in [1.807, 2.05) is 0 Å². The minimum atomic E-state index is -0.575. The van der Waals surface area contributed by atoms with E-state index in [2.05, 4.69) is 10.6 Å². The van der Waals surface area contributed by atoms with E-state index >= 15 is 0 Å². The second kappa shape index (κ2) is 7.99. The van der Waals surface area contributed by atoms with E-state index < -0.39 is 11.7 Å². The predicted molar refractivity (Wildman–Crippen MR) is 98.0 cm³/mol. The third-order valence-corrected chi connectivity index (χ3v) is 4.26. The van der Waals surface area contributed by atoms with Gasteiger partial charge in [0.1, 0.15) is 11.6 Å². The van der Waals surface area contributed by atoms with Gasteiger partial charge < -0.3 is 15.4 Å². The molecule has 0 unspecified atom stereocenters. The molecule has 2 N–H and O–H groups in total. The molecule has 136 valence electrons. The van der Waals surface area contributed by atoms with Crippen LogP contribution in [-0.4, -0.2) is 17.9 Å². The van der Waals surface area contributed by atoms with Gasteiger partial charge in [-0.2, -0.15) is 0 Å². The Balaban J connectivity index is 1.66. The third-order valence-electron chi connectivity index (χ3n) is 4.26. The highest BCUT2D eigenvalue weighted by molar-refractivity contribution is 6.04. The van der Waals surface area contributed by atoms with Crippen LogP contribution in [0.1, 0.15) is 43.0 Å². The summed E-state index contributed by atoms with van der Waals surface area (Å²) in [5.74, 6) is -0.552. The number of halogens is 1. The molecule has 1 aliphatic carbocycles. The maximum Gasteiger partial charge on any atom is 0.255 e. The quantitative estimate of drug-likeness (QED) is 0.836. The Morgan fingerprint density at radius 1 is 1.04 bits per heavy atom. The van der Waals surface area contributed by atoms with Gasteiger partial charge in [-0.1, -0.05) is 0 Å². The Hall–Kier alpha value is -2.89. The van der Waals surface area contributed by atoms with Crippen molar-refractivity contribution >= 4 is 23.2 Å². The fraction of sp³-hybridized carbons (Fsp3) is 0.300. The highest BCUT2D eigenvalue weighted by atomic mass is 19.1. The lowest BCUT2D eigenvalue weighted by atomic mass is 10.2. The smallest absolute Gasteiger partial charge is 0.255 e. The fourth-order valence-corrected chi connectivity index (χ4v) is 2.98. The summed E-state index contributed by atoms with van der Waals surface area (Å²) in [7, 11) is 0. The molecular formula is C20H21FN2O3. The Bertz CT molecular complexity index is 799. The Morgan fingerprint density at radius 2 is 1.73 bits per heavy atom. The molecule has 1 fully saturated rings. The molecule has 0 saturated heterocycles. The Morgan fingerprint density at radius 3 is 2.38 bits per heavy atom. The third kappa shape index (κ3) is 4.59. The van der Waals surface area contributed by atoms with Crippen molar-refractivity contribution in [3.05, 3.63) is 53.8 Å². The van der Waals surface area contributed by atoms with Crippen LogP contribution in [0, 0.1) is 5.82 Å². The summed E-state index contributed by atoms with van der Waals surface area (Å²) >= 11 is 0. The van der Waals surface area contributed by atoms with Gasteiger partial charge >= 0.3 is 0 Å². The minimum Gasteiger partial charge on any atom is -0.490 e. The molecule has 0 aromatic heterocycles. The van der Waals surface area contributed by atoms with Crippen molar-refractivity contribution in [2.45, 2.75) is 38.7 Å². The Labute approximate surface area is 151 Å². The molecule has 0 aliphatic heterocycles. The van der Waals surface area contributed by atoms with Gasteiger partial charge in [-0.3, -0.25) is 9.59 Å². The van der Waals surface area contributed by atoms with Crippen LogP contribution in [0.3, 0.4) is 0 Å². The normalized spacial score (nSPS) is 14.1. The van der Waals surface area contributed by atoms with E-state index in [-0.39, 0.29) is 17.7 Å². The fourth-order valence-electron chi connectivity index (χ4n) is 2.98. The van der Waals surface area contributed by atoms with Crippen molar-refractivity contribution in [2.75, 3.05) is 10.6 Å². The number of carbonyl (C=O) groups excluding carboxylic acids is 2. The molecule has 0 atom stereocenters. The number of benzene rings is 2. The Kier molecular flexibility index (Phi) is 5.51. The summed E-state index contributed by atoms with van der Waals surface area (Å²) in [6, 6.07) is 10.8. The van der Waals surface area contributed by atoms with E-state index in [0.29, 0.717) is 11.3 Å². The number of carbonyl (C=O) groups is 2. The highest BCUT2D eigenvalue weighted by Crippen LogP contribution is 2.25. The average molecular weight is 356 g/mol. The minimum absolute atomic E-state index is 0.00697. The van der Waals surface area contributed by atoms with Crippen LogP contribution in [0.15, 0.2) is 42.5 Å². The lowest BCUT2D eigenvalue weighted by Crippen LogP contribution is -2.14. The molecule has 3 rings (SSSR count). The maximum atomic E-state index is 13.9. The number of amides is 2. The topological polar surface area (TPSA) is 67.4 Å². The summed E-state index contributed by atoms with van der Waals surface area (Å²) in [6.45, 7) is 1.36. The molecule has 1 saturated carbocycles. The van der Waals surface area contributed by atoms with E-state index in [1.54, 1.807) is 24.3 Å². The number of nitrogens with one attached hydrogen (secondary N) is 2. The van der Waals surface area contributed by atoms with Crippen LogP contribution in [0.2, 0.25) is 0 Å². The lowest BCUT2D eigenvalue weighted by molar-refractivity contribution is -0.114. The van der Waals surface area contributed by atoms with Crippen LogP contribution in [0.25, 0.3) is 0 Å². The molecule has 6 heteroatoms. The molecule has 0 heterocycles. The van der Waals surface area contributed by atoms with Crippen LogP contribution in [0.4, 0.5) is 15.8 Å². The largest absolute Gasteiger partial charge is 0.490 e. The molecule has 2 aromatic carbocycles. The van der Waals surface area contributed by atoms with Crippen molar-refractivity contribution in [2.24, 2.45) is 0 Å². The van der Waals surface area contributed by atoms with E-state index in [1.165, 1.54) is 38.0 Å². The molecule has 5 nitrogen and oxygen atoms in total. The summed E-state index contributed by atoms with van der Waals surface area (Å²) in [6.07, 6.45) is 4.75. The zero-order chi connectivity index (χ0) is 18.5. The van der Waals surface area contributed by atoms with E-state index in [0.717, 1.165) is 18.6 Å². The zero-order valence-corrected chi connectivity index (χ0v) is 14.5. The molecule has 2 aromatic rings. The van der Waals surface area contributed by atoms with Crippen molar-refractivity contribution in [1.82, 2.24) is 0 Å². The number of rotatable bonds is 5. The summed E-state index contributed by atoms with van der Waals surface area (Å²) in [5.41, 5.74) is 0.815. The second-order valence-electron chi connectivity index (χ2n) is 6.38. The zero-order valence-electron chi connectivity index (χ0n) is 14.5. The van der Waals surface area contributed by atoms with Gasteiger partial charge in [-0.05, 0) is 68.1 Å². The van der Waals surface area contributed by atoms with Gasteiger partial charge in [0.2, 0.25) is 5.91 Å². The van der Waals surface area contributed by atoms with Crippen LogP contribution in [-0.2, 0) is 4.79 Å². The number of anilines is 2. The van der Waals surface area contributed by atoms with Crippen LogP contribution in [0.5, 0.6) is 5.75 Å². The lowest BCUT2D eigenvalue weighted by Gasteiger charge is -2.13. The van der Waals surface area contributed by atoms with Crippen LogP contribution < -0.4 is 15.4 Å². The van der Waals surface area contributed by atoms with Crippen molar-refractivity contribution in [1.29, 1.82) is 0 Å². The number of hydrogen-bond donors (Lipinski definition) is 2. The van der Waals surface area contributed by atoms with Crippen molar-refractivity contribution in [3.8, 4) is 5.75 Å². The molecule has 0 radical (unpaired) electrons. The predicted octanol–water partition coefficient (Wildman–Crippen LogP) is 4.36. The van der Waals surface area contributed by atoms with Gasteiger partial charge in [0.05, 0.1) is 11.8 Å². The second-order valence-corrected chi connectivity index (χ2v) is 6.38. The molecular weight excluding hydrogens is 335 g/mol. The van der Waals surface area contributed by atoms with Gasteiger partial charge in [-0.25, -0.2) is 4.39 Å². The maximum absolute atomic E-state index is 13.9. The number of ether oxygens (including phenoxy) is 1. The van der Waals surface area contributed by atoms with E-state index in [4.69, 9.17) is 4.74 Å². The first-order valence-electron chi connectivity index (χ1n) is 8.66. The first kappa shape index (κ1) is 17.9. The van der Waals surface area contributed by atoms with Crippen molar-refractivity contribution < 1.29 is 18.7 Å². The summed E-state index contributed by atoms with van der Waals surface area (Å²) in [4.78, 5) is 23.5. The van der Waals surface area contributed by atoms with Gasteiger partial charge in [-0.15, -0.1) is 0 Å². The SMILES string of the molecule is CC(=O)Nc1ccc(F)c(NC(=O)c2ccc(OC3CCCC3)cc2)c1. The first-order valence-corrected chi connectivity index (χ1v) is 8.66. The molecule has 26 heavy (non-hydrogen) atoms. The van der Waals surface area contributed by atoms with Crippen LogP contribution >= 0.6 is 0 Å². The van der Waals surface area contributed by atoms with Gasteiger partial charge in [0, 0.05) is 18.2 Å². The number of hydrogen-bond acceptors (Lipinski definition) is 3. The van der Waals surface area contributed by atoms with Gasteiger partial charge in [0.25, 0.3) is 5.91 Å². The summed E-state index contributed by atoms with van der Waals surface area (Å²) < 4.78 is 19.8.